The third-order valence-electron chi connectivity index (χ3n) is 3.76. The molecule has 106 valence electrons. The van der Waals surface area contributed by atoms with Gasteiger partial charge in [-0.25, -0.2) is 0 Å². The monoisotopic (exact) mass is 262 g/mol. The molecule has 1 saturated heterocycles. The lowest BCUT2D eigenvalue weighted by Crippen LogP contribution is -2.27. The van der Waals surface area contributed by atoms with Crippen LogP contribution < -0.4 is 4.74 Å². The fraction of sp³-hybridized carbons (Fsp3) is 0.647. The second-order valence-corrected chi connectivity index (χ2v) is 5.37. The van der Waals surface area contributed by atoms with Gasteiger partial charge in [0.25, 0.3) is 0 Å². The molecule has 1 aromatic rings. The number of rotatable bonds is 8. The summed E-state index contributed by atoms with van der Waals surface area (Å²) in [4.78, 5) is 0. The van der Waals surface area contributed by atoms with E-state index in [1.165, 1.54) is 30.4 Å². The molecular formula is C17H26O2. The SMILES string of the molecule is CCCCOc1cccc(CCCC)c1C1COC1. The van der Waals surface area contributed by atoms with Gasteiger partial charge in [-0.05, 0) is 30.9 Å². The van der Waals surface area contributed by atoms with Gasteiger partial charge < -0.3 is 9.47 Å². The van der Waals surface area contributed by atoms with E-state index < -0.39 is 0 Å². The van der Waals surface area contributed by atoms with Crippen molar-refractivity contribution in [2.45, 2.75) is 51.9 Å². The predicted molar refractivity (Wildman–Crippen MR) is 79.0 cm³/mol. The Balaban J connectivity index is 2.14. The Morgan fingerprint density at radius 2 is 1.95 bits per heavy atom. The molecule has 0 aliphatic carbocycles. The van der Waals surface area contributed by atoms with Gasteiger partial charge in [-0.1, -0.05) is 38.8 Å². The molecule has 0 saturated carbocycles. The minimum Gasteiger partial charge on any atom is -0.493 e. The highest BCUT2D eigenvalue weighted by atomic mass is 16.5. The van der Waals surface area contributed by atoms with Crippen LogP contribution in [0, 0.1) is 0 Å². The second-order valence-electron chi connectivity index (χ2n) is 5.37. The van der Waals surface area contributed by atoms with Crippen molar-refractivity contribution >= 4 is 0 Å². The van der Waals surface area contributed by atoms with E-state index in [0.29, 0.717) is 5.92 Å². The summed E-state index contributed by atoms with van der Waals surface area (Å²) < 4.78 is 11.4. The number of benzene rings is 1. The smallest absolute Gasteiger partial charge is 0.123 e. The van der Waals surface area contributed by atoms with E-state index in [-0.39, 0.29) is 0 Å². The normalized spacial score (nSPS) is 15.3. The Labute approximate surface area is 117 Å². The molecule has 1 heterocycles. The number of aryl methyl sites for hydroxylation is 1. The summed E-state index contributed by atoms with van der Waals surface area (Å²) in [6.45, 7) is 6.98. The van der Waals surface area contributed by atoms with Crippen molar-refractivity contribution in [2.75, 3.05) is 19.8 Å². The standard InChI is InChI=1S/C17H26O2/c1-3-5-8-14-9-7-10-16(19-11-6-4-2)17(14)15-12-18-13-15/h7,9-10,15H,3-6,8,11-13H2,1-2H3. The molecule has 1 aliphatic heterocycles. The van der Waals surface area contributed by atoms with Gasteiger partial charge in [-0.3, -0.25) is 0 Å². The topological polar surface area (TPSA) is 18.5 Å². The van der Waals surface area contributed by atoms with Gasteiger partial charge in [0.1, 0.15) is 5.75 Å². The van der Waals surface area contributed by atoms with Crippen molar-refractivity contribution in [3.63, 3.8) is 0 Å². The van der Waals surface area contributed by atoms with Crippen LogP contribution in [0.15, 0.2) is 18.2 Å². The van der Waals surface area contributed by atoms with Gasteiger partial charge in [0.05, 0.1) is 19.8 Å². The molecule has 0 atom stereocenters. The van der Waals surface area contributed by atoms with E-state index in [1.54, 1.807) is 0 Å². The van der Waals surface area contributed by atoms with Crippen LogP contribution in [0.2, 0.25) is 0 Å². The Kier molecular flexibility index (Phi) is 5.71. The highest BCUT2D eigenvalue weighted by Crippen LogP contribution is 2.35. The van der Waals surface area contributed by atoms with Gasteiger partial charge in [0.2, 0.25) is 0 Å². The van der Waals surface area contributed by atoms with Crippen LogP contribution in [0.5, 0.6) is 5.75 Å². The summed E-state index contributed by atoms with van der Waals surface area (Å²) >= 11 is 0. The zero-order chi connectivity index (χ0) is 13.5. The molecular weight excluding hydrogens is 236 g/mol. The maximum atomic E-state index is 6.00. The largest absolute Gasteiger partial charge is 0.493 e. The number of hydrogen-bond acceptors (Lipinski definition) is 2. The highest BCUT2D eigenvalue weighted by Gasteiger charge is 2.26. The lowest BCUT2D eigenvalue weighted by Gasteiger charge is -2.30. The van der Waals surface area contributed by atoms with Crippen LogP contribution in [0.1, 0.15) is 56.6 Å². The third kappa shape index (κ3) is 3.73. The second kappa shape index (κ2) is 7.54. The van der Waals surface area contributed by atoms with Crippen LogP contribution in [0.25, 0.3) is 0 Å². The first-order valence-corrected chi connectivity index (χ1v) is 7.69. The van der Waals surface area contributed by atoms with Crippen LogP contribution in [-0.4, -0.2) is 19.8 Å². The van der Waals surface area contributed by atoms with Crippen molar-refractivity contribution in [2.24, 2.45) is 0 Å². The zero-order valence-electron chi connectivity index (χ0n) is 12.3. The first-order chi connectivity index (χ1) is 9.36. The van der Waals surface area contributed by atoms with Crippen molar-refractivity contribution in [1.82, 2.24) is 0 Å². The maximum Gasteiger partial charge on any atom is 0.123 e. The summed E-state index contributed by atoms with van der Waals surface area (Å²) in [6, 6.07) is 6.52. The van der Waals surface area contributed by atoms with E-state index >= 15 is 0 Å². The fourth-order valence-corrected chi connectivity index (χ4v) is 2.49. The first-order valence-electron chi connectivity index (χ1n) is 7.69. The molecule has 0 aromatic heterocycles. The molecule has 0 radical (unpaired) electrons. The molecule has 2 heteroatoms. The molecule has 0 spiro atoms. The Morgan fingerprint density at radius 1 is 1.16 bits per heavy atom. The molecule has 1 aliphatic rings. The zero-order valence-corrected chi connectivity index (χ0v) is 12.3. The average Bonchev–Trinajstić information content (AvgIpc) is 2.37. The lowest BCUT2D eigenvalue weighted by molar-refractivity contribution is 0.00692. The van der Waals surface area contributed by atoms with Crippen molar-refractivity contribution in [1.29, 1.82) is 0 Å². The summed E-state index contributed by atoms with van der Waals surface area (Å²) in [5, 5.41) is 0. The molecule has 2 nitrogen and oxygen atoms in total. The quantitative estimate of drug-likeness (QED) is 0.649. The lowest BCUT2D eigenvalue weighted by atomic mass is 9.89. The Bertz CT molecular complexity index is 383. The van der Waals surface area contributed by atoms with Crippen molar-refractivity contribution in [3.05, 3.63) is 29.3 Å². The first kappa shape index (κ1) is 14.4. The Hall–Kier alpha value is -1.02. The minimum absolute atomic E-state index is 0.546. The fourth-order valence-electron chi connectivity index (χ4n) is 2.49. The molecule has 1 fully saturated rings. The number of unbranched alkanes of at least 4 members (excludes halogenated alkanes) is 2. The van der Waals surface area contributed by atoms with Crippen molar-refractivity contribution < 1.29 is 9.47 Å². The number of ether oxygens (including phenoxy) is 2. The van der Waals surface area contributed by atoms with Crippen LogP contribution in [0.3, 0.4) is 0 Å². The summed E-state index contributed by atoms with van der Waals surface area (Å²) in [6.07, 6.45) is 5.95. The van der Waals surface area contributed by atoms with E-state index in [0.717, 1.165) is 38.4 Å². The predicted octanol–water partition coefficient (Wildman–Crippen LogP) is 4.32. The highest BCUT2D eigenvalue weighted by molar-refractivity contribution is 5.44. The molecule has 2 rings (SSSR count). The van der Waals surface area contributed by atoms with Gasteiger partial charge in [-0.15, -0.1) is 0 Å². The molecule has 19 heavy (non-hydrogen) atoms. The van der Waals surface area contributed by atoms with Crippen LogP contribution in [0.4, 0.5) is 0 Å². The van der Waals surface area contributed by atoms with Gasteiger partial charge >= 0.3 is 0 Å². The van der Waals surface area contributed by atoms with Crippen LogP contribution in [-0.2, 0) is 11.2 Å². The Morgan fingerprint density at radius 3 is 2.58 bits per heavy atom. The van der Waals surface area contributed by atoms with Crippen LogP contribution >= 0.6 is 0 Å². The molecule has 0 N–H and O–H groups in total. The van der Waals surface area contributed by atoms with Gasteiger partial charge in [0, 0.05) is 11.5 Å². The number of hydrogen-bond donors (Lipinski definition) is 0. The van der Waals surface area contributed by atoms with E-state index in [2.05, 4.69) is 32.0 Å². The summed E-state index contributed by atoms with van der Waals surface area (Å²) in [5.41, 5.74) is 2.88. The third-order valence-corrected chi connectivity index (χ3v) is 3.76. The van der Waals surface area contributed by atoms with Gasteiger partial charge in [-0.2, -0.15) is 0 Å². The van der Waals surface area contributed by atoms with E-state index in [4.69, 9.17) is 9.47 Å². The van der Waals surface area contributed by atoms with E-state index in [1.807, 2.05) is 0 Å². The maximum absolute atomic E-state index is 6.00. The minimum atomic E-state index is 0.546. The molecule has 0 unspecified atom stereocenters. The molecule has 1 aromatic carbocycles. The summed E-state index contributed by atoms with van der Waals surface area (Å²) in [7, 11) is 0. The summed E-state index contributed by atoms with van der Waals surface area (Å²) in [5.74, 6) is 1.64. The molecule has 0 bridgehead atoms. The van der Waals surface area contributed by atoms with Crippen molar-refractivity contribution in [3.8, 4) is 5.75 Å². The average molecular weight is 262 g/mol. The van der Waals surface area contributed by atoms with E-state index in [9.17, 15) is 0 Å². The van der Waals surface area contributed by atoms with Gasteiger partial charge in [0.15, 0.2) is 0 Å². The molecule has 0 amide bonds.